The summed E-state index contributed by atoms with van der Waals surface area (Å²) in [5.41, 5.74) is 1.77. The first-order chi connectivity index (χ1) is 14.0. The van der Waals surface area contributed by atoms with E-state index in [1.165, 1.54) is 18.3 Å². The van der Waals surface area contributed by atoms with Crippen LogP contribution >= 0.6 is 11.6 Å². The van der Waals surface area contributed by atoms with Crippen molar-refractivity contribution in [3.63, 3.8) is 0 Å². The van der Waals surface area contributed by atoms with Crippen molar-refractivity contribution in [1.29, 1.82) is 0 Å². The Labute approximate surface area is 173 Å². The molecular weight excluding hydrogens is 394 g/mol. The summed E-state index contributed by atoms with van der Waals surface area (Å²) < 4.78 is 10.6. The lowest BCUT2D eigenvalue weighted by molar-refractivity contribution is -0.132. The molecule has 0 radical (unpaired) electrons. The second-order valence-electron chi connectivity index (χ2n) is 6.33. The predicted molar refractivity (Wildman–Crippen MR) is 110 cm³/mol. The highest BCUT2D eigenvalue weighted by Gasteiger charge is 2.17. The normalized spacial score (nSPS) is 10.4. The molecule has 2 aromatic carbocycles. The number of methoxy groups -OCH3 is 1. The fraction of sp³-hybridized carbons (Fsp3) is 0.190. The zero-order valence-corrected chi connectivity index (χ0v) is 16.8. The standard InChI is InChI=1S/C21H20ClN3O4/c1-25(12-19(26)24-17-10-15(22)8-9-18(17)28-2)20(27)11-16-13-29-21(23-16)14-6-4-3-5-7-14/h3-10,13H,11-12H2,1-2H3,(H,24,26). The second-order valence-corrected chi connectivity index (χ2v) is 6.77. The first-order valence-corrected chi connectivity index (χ1v) is 9.21. The number of aromatic nitrogens is 1. The maximum Gasteiger partial charge on any atom is 0.244 e. The molecule has 1 heterocycles. The molecule has 150 valence electrons. The number of ether oxygens (including phenoxy) is 1. The van der Waals surface area contributed by atoms with Gasteiger partial charge in [0.2, 0.25) is 17.7 Å². The summed E-state index contributed by atoms with van der Waals surface area (Å²) in [7, 11) is 3.05. The lowest BCUT2D eigenvalue weighted by Crippen LogP contribution is -2.35. The molecule has 0 atom stereocenters. The first kappa shape index (κ1) is 20.4. The molecule has 0 bridgehead atoms. The molecule has 0 fully saturated rings. The van der Waals surface area contributed by atoms with E-state index in [1.807, 2.05) is 30.3 Å². The van der Waals surface area contributed by atoms with Crippen molar-refractivity contribution < 1.29 is 18.7 Å². The maximum absolute atomic E-state index is 12.4. The van der Waals surface area contributed by atoms with Gasteiger partial charge in [-0.3, -0.25) is 9.59 Å². The highest BCUT2D eigenvalue weighted by Crippen LogP contribution is 2.27. The van der Waals surface area contributed by atoms with E-state index in [0.717, 1.165) is 5.56 Å². The van der Waals surface area contributed by atoms with Crippen molar-refractivity contribution in [2.45, 2.75) is 6.42 Å². The Morgan fingerprint density at radius 3 is 2.69 bits per heavy atom. The zero-order valence-electron chi connectivity index (χ0n) is 16.0. The molecule has 1 aromatic heterocycles. The number of amides is 2. The van der Waals surface area contributed by atoms with Gasteiger partial charge in [0.1, 0.15) is 12.0 Å². The van der Waals surface area contributed by atoms with Gasteiger partial charge in [0.15, 0.2) is 0 Å². The number of halogens is 1. The quantitative estimate of drug-likeness (QED) is 0.639. The van der Waals surface area contributed by atoms with E-state index in [4.69, 9.17) is 20.8 Å². The average Bonchev–Trinajstić information content (AvgIpc) is 3.17. The van der Waals surface area contributed by atoms with Crippen molar-refractivity contribution >= 4 is 29.1 Å². The highest BCUT2D eigenvalue weighted by molar-refractivity contribution is 6.31. The fourth-order valence-electron chi connectivity index (χ4n) is 2.66. The van der Waals surface area contributed by atoms with E-state index in [-0.39, 0.29) is 24.8 Å². The molecule has 0 saturated heterocycles. The molecule has 0 spiro atoms. The Kier molecular flexibility index (Phi) is 6.51. The van der Waals surface area contributed by atoms with Gasteiger partial charge in [0, 0.05) is 17.6 Å². The molecule has 2 amide bonds. The van der Waals surface area contributed by atoms with Gasteiger partial charge in [0.25, 0.3) is 0 Å². The van der Waals surface area contributed by atoms with Gasteiger partial charge in [-0.15, -0.1) is 0 Å². The number of hydrogen-bond acceptors (Lipinski definition) is 5. The number of likely N-dealkylation sites (N-methyl/N-ethyl adjacent to an activating group) is 1. The molecule has 3 aromatic rings. The van der Waals surface area contributed by atoms with Gasteiger partial charge in [-0.1, -0.05) is 29.8 Å². The van der Waals surface area contributed by atoms with Gasteiger partial charge >= 0.3 is 0 Å². The van der Waals surface area contributed by atoms with E-state index in [0.29, 0.717) is 28.0 Å². The Hall–Kier alpha value is -3.32. The summed E-state index contributed by atoms with van der Waals surface area (Å²) >= 11 is 5.96. The topological polar surface area (TPSA) is 84.7 Å². The number of benzene rings is 2. The van der Waals surface area contributed by atoms with Crippen LogP contribution < -0.4 is 10.1 Å². The van der Waals surface area contributed by atoms with Crippen LogP contribution in [0.25, 0.3) is 11.5 Å². The minimum atomic E-state index is -0.369. The lowest BCUT2D eigenvalue weighted by atomic mass is 10.2. The van der Waals surface area contributed by atoms with Crippen molar-refractivity contribution in [2.75, 3.05) is 26.0 Å². The van der Waals surface area contributed by atoms with Crippen LogP contribution in [0.3, 0.4) is 0 Å². The van der Waals surface area contributed by atoms with Gasteiger partial charge in [-0.25, -0.2) is 4.98 Å². The van der Waals surface area contributed by atoms with Crippen LogP contribution in [0.1, 0.15) is 5.69 Å². The van der Waals surface area contributed by atoms with E-state index in [2.05, 4.69) is 10.3 Å². The third kappa shape index (κ3) is 5.36. The minimum absolute atomic E-state index is 0.0284. The van der Waals surface area contributed by atoms with E-state index >= 15 is 0 Å². The third-order valence-corrected chi connectivity index (χ3v) is 4.38. The minimum Gasteiger partial charge on any atom is -0.495 e. The summed E-state index contributed by atoms with van der Waals surface area (Å²) in [6.45, 7) is -0.127. The summed E-state index contributed by atoms with van der Waals surface area (Å²) in [6.07, 6.45) is 1.48. The van der Waals surface area contributed by atoms with Gasteiger partial charge in [-0.05, 0) is 30.3 Å². The Balaban J connectivity index is 1.57. The largest absolute Gasteiger partial charge is 0.495 e. The maximum atomic E-state index is 12.4. The number of carbonyl (C=O) groups excluding carboxylic acids is 2. The number of hydrogen-bond donors (Lipinski definition) is 1. The molecular formula is C21H20ClN3O4. The number of carbonyl (C=O) groups is 2. The first-order valence-electron chi connectivity index (χ1n) is 8.83. The monoisotopic (exact) mass is 413 g/mol. The second kappa shape index (κ2) is 9.25. The van der Waals surface area contributed by atoms with Crippen LogP contribution in [-0.2, 0) is 16.0 Å². The third-order valence-electron chi connectivity index (χ3n) is 4.15. The number of oxazole rings is 1. The molecule has 8 heteroatoms. The number of nitrogens with one attached hydrogen (secondary N) is 1. The van der Waals surface area contributed by atoms with Crippen LogP contribution in [0.15, 0.2) is 59.2 Å². The Morgan fingerprint density at radius 2 is 1.97 bits per heavy atom. The molecule has 3 rings (SSSR count). The van der Waals surface area contributed by atoms with E-state index in [9.17, 15) is 9.59 Å². The summed E-state index contributed by atoms with van der Waals surface area (Å²) in [4.78, 5) is 30.4. The SMILES string of the molecule is COc1ccc(Cl)cc1NC(=O)CN(C)C(=O)Cc1coc(-c2ccccc2)n1. The van der Waals surface area contributed by atoms with Crippen molar-refractivity contribution in [3.05, 3.63) is 65.5 Å². The van der Waals surface area contributed by atoms with E-state index in [1.54, 1.807) is 25.2 Å². The lowest BCUT2D eigenvalue weighted by Gasteiger charge is -2.17. The Bertz CT molecular complexity index is 1000. The van der Waals surface area contributed by atoms with Gasteiger partial charge in [0.05, 0.1) is 31.5 Å². The molecule has 7 nitrogen and oxygen atoms in total. The van der Waals surface area contributed by atoms with Crippen LogP contribution in [0, 0.1) is 0 Å². The van der Waals surface area contributed by atoms with Crippen LogP contribution in [0.2, 0.25) is 5.02 Å². The smallest absolute Gasteiger partial charge is 0.244 e. The molecule has 1 N–H and O–H groups in total. The van der Waals surface area contributed by atoms with Crippen LogP contribution in [-0.4, -0.2) is 42.4 Å². The summed E-state index contributed by atoms with van der Waals surface area (Å²) in [6, 6.07) is 14.3. The molecule has 0 aliphatic carbocycles. The number of nitrogens with zero attached hydrogens (tertiary/aromatic N) is 2. The van der Waals surface area contributed by atoms with Gasteiger partial charge < -0.3 is 19.4 Å². The molecule has 0 aliphatic heterocycles. The van der Waals surface area contributed by atoms with Crippen molar-refractivity contribution in [3.8, 4) is 17.2 Å². The fourth-order valence-corrected chi connectivity index (χ4v) is 2.83. The molecule has 0 saturated carbocycles. The van der Waals surface area contributed by atoms with Crippen molar-refractivity contribution in [2.24, 2.45) is 0 Å². The van der Waals surface area contributed by atoms with E-state index < -0.39 is 0 Å². The zero-order chi connectivity index (χ0) is 20.8. The summed E-state index contributed by atoms with van der Waals surface area (Å²) in [5, 5.41) is 3.16. The highest BCUT2D eigenvalue weighted by atomic mass is 35.5. The number of rotatable bonds is 7. The molecule has 29 heavy (non-hydrogen) atoms. The molecule has 0 aliphatic rings. The number of anilines is 1. The van der Waals surface area contributed by atoms with Crippen LogP contribution in [0.4, 0.5) is 5.69 Å². The Morgan fingerprint density at radius 1 is 1.21 bits per heavy atom. The molecule has 0 unspecified atom stereocenters. The predicted octanol–water partition coefficient (Wildman–Crippen LogP) is 3.64. The van der Waals surface area contributed by atoms with Crippen LogP contribution in [0.5, 0.6) is 5.75 Å². The average molecular weight is 414 g/mol. The van der Waals surface area contributed by atoms with Crippen molar-refractivity contribution in [1.82, 2.24) is 9.88 Å². The van der Waals surface area contributed by atoms with Gasteiger partial charge in [-0.2, -0.15) is 0 Å². The summed E-state index contributed by atoms with van der Waals surface area (Å²) in [5.74, 6) is 0.298.